The van der Waals surface area contributed by atoms with Crippen molar-refractivity contribution in [3.63, 3.8) is 0 Å². The first kappa shape index (κ1) is 32.2. The van der Waals surface area contributed by atoms with Gasteiger partial charge in [0.25, 0.3) is 0 Å². The van der Waals surface area contributed by atoms with Gasteiger partial charge in [-0.15, -0.1) is 0 Å². The van der Waals surface area contributed by atoms with Crippen molar-refractivity contribution in [2.45, 2.75) is 49.4 Å². The average Bonchev–Trinajstić information content (AvgIpc) is 3.39. The Balaban J connectivity index is 1.47. The lowest BCUT2D eigenvalue weighted by Crippen LogP contribution is -2.41. The van der Waals surface area contributed by atoms with Gasteiger partial charge in [0.2, 0.25) is 17.9 Å². The van der Waals surface area contributed by atoms with Crippen LogP contribution in [0.5, 0.6) is 5.88 Å². The molecule has 2 fully saturated rings. The number of carbonyl (C=O) groups is 1. The van der Waals surface area contributed by atoms with E-state index >= 15 is 0 Å². The Bertz CT molecular complexity index is 1720. The minimum atomic E-state index is -4.89. The fraction of sp³-hybridized carbons (Fsp3) is 0.387. The lowest BCUT2D eigenvalue weighted by Gasteiger charge is -2.39. The van der Waals surface area contributed by atoms with E-state index in [1.165, 1.54) is 36.4 Å². The molecule has 3 heterocycles. The molecular weight excluding hydrogens is 611 g/mol. The van der Waals surface area contributed by atoms with E-state index in [9.17, 15) is 31.5 Å². The van der Waals surface area contributed by atoms with Crippen LogP contribution in [0.25, 0.3) is 17.2 Å². The normalized spacial score (nSPS) is 19.2. The number of anilines is 2. The summed E-state index contributed by atoms with van der Waals surface area (Å²) in [6.45, 7) is 3.35. The molecule has 1 spiro atoms. The Morgan fingerprint density at radius 2 is 1.91 bits per heavy atom. The lowest BCUT2D eigenvalue weighted by molar-refractivity contribution is -0.198. The Morgan fingerprint density at radius 1 is 1.18 bits per heavy atom. The fourth-order valence-electron chi connectivity index (χ4n) is 6.01. The van der Waals surface area contributed by atoms with Gasteiger partial charge in [-0.25, -0.2) is 8.42 Å². The number of nitrogens with zero attached hydrogens (tertiary/aromatic N) is 3. The molecule has 0 amide bonds. The van der Waals surface area contributed by atoms with Crippen LogP contribution in [0.4, 0.5) is 24.9 Å². The predicted octanol–water partition coefficient (Wildman–Crippen LogP) is 4.88. The molecule has 2 atom stereocenters. The summed E-state index contributed by atoms with van der Waals surface area (Å²) in [6.07, 6.45) is -1.02. The highest BCUT2D eigenvalue weighted by Crippen LogP contribution is 2.43. The van der Waals surface area contributed by atoms with Crippen molar-refractivity contribution in [3.8, 4) is 17.0 Å². The number of hydrogen-bond donors (Lipinski definition) is 3. The first-order chi connectivity index (χ1) is 21.2. The standard InChI is InChI=1S/C31H34F3N5O5S/c1-3-5-19-8-9-22(23(14-19)20-6-4-7-21(15-20)45(2,42)43)27(31(32,33)34)44-26-16-25(37-29(35)38-26)39-12-10-30(11-13-39)17-24(28(40)41)36-18-30/h3-9,14-16,24,27,36H,10-13,17-18H2,1-2H3,(H,40,41)(H2,35,37,38)/b5-3+/t24?,27-/m1/s1. The Morgan fingerprint density at radius 3 is 2.53 bits per heavy atom. The number of allylic oxidation sites excluding steroid dienone is 1. The molecule has 45 heavy (non-hydrogen) atoms. The highest BCUT2D eigenvalue weighted by atomic mass is 32.2. The minimum absolute atomic E-state index is 0.0322. The summed E-state index contributed by atoms with van der Waals surface area (Å²) in [4.78, 5) is 21.5. The largest absolute Gasteiger partial charge is 0.480 e. The number of carboxylic acid groups (broad SMARTS) is 1. The molecule has 1 unspecified atom stereocenters. The summed E-state index contributed by atoms with van der Waals surface area (Å²) in [6, 6.07) is 10.8. The Hall–Kier alpha value is -4.17. The molecular formula is C31H34F3N5O5S. The third kappa shape index (κ3) is 7.22. The van der Waals surface area contributed by atoms with Gasteiger partial charge >= 0.3 is 12.1 Å². The summed E-state index contributed by atoms with van der Waals surface area (Å²) >= 11 is 0. The summed E-state index contributed by atoms with van der Waals surface area (Å²) in [5, 5.41) is 12.4. The molecule has 240 valence electrons. The van der Waals surface area contributed by atoms with Gasteiger partial charge in [0, 0.05) is 37.5 Å². The number of nitrogen functional groups attached to an aromatic ring is 1. The van der Waals surface area contributed by atoms with Crippen molar-refractivity contribution in [2.75, 3.05) is 36.5 Å². The zero-order valence-corrected chi connectivity index (χ0v) is 25.5. The van der Waals surface area contributed by atoms with E-state index in [2.05, 4.69) is 15.3 Å². The molecule has 2 aliphatic rings. The van der Waals surface area contributed by atoms with E-state index in [4.69, 9.17) is 10.5 Å². The number of aromatic nitrogens is 2. The molecule has 0 saturated carbocycles. The van der Waals surface area contributed by atoms with Crippen LogP contribution in [0, 0.1) is 5.41 Å². The number of aliphatic carboxylic acids is 1. The first-order valence-corrected chi connectivity index (χ1v) is 16.2. The van der Waals surface area contributed by atoms with Crippen LogP contribution in [-0.4, -0.2) is 67.6 Å². The fourth-order valence-corrected chi connectivity index (χ4v) is 6.67. The molecule has 4 N–H and O–H groups in total. The third-order valence-corrected chi connectivity index (χ3v) is 9.45. The molecule has 2 aromatic carbocycles. The van der Waals surface area contributed by atoms with Crippen molar-refractivity contribution >= 4 is 33.6 Å². The molecule has 14 heteroatoms. The van der Waals surface area contributed by atoms with Crippen LogP contribution < -0.4 is 20.7 Å². The molecule has 2 aliphatic heterocycles. The maximum Gasteiger partial charge on any atom is 0.429 e. The molecule has 10 nitrogen and oxygen atoms in total. The highest BCUT2D eigenvalue weighted by Gasteiger charge is 2.46. The number of piperidine rings is 1. The lowest BCUT2D eigenvalue weighted by atomic mass is 9.76. The second kappa shape index (κ2) is 12.3. The van der Waals surface area contributed by atoms with E-state index in [1.807, 2.05) is 4.90 Å². The van der Waals surface area contributed by atoms with Crippen LogP contribution in [0.15, 0.2) is 59.5 Å². The van der Waals surface area contributed by atoms with Gasteiger partial charge in [-0.2, -0.15) is 23.1 Å². The smallest absolute Gasteiger partial charge is 0.429 e. The second-order valence-corrected chi connectivity index (χ2v) is 13.6. The van der Waals surface area contributed by atoms with Crippen LogP contribution in [0.2, 0.25) is 0 Å². The molecule has 1 aromatic heterocycles. The zero-order valence-electron chi connectivity index (χ0n) is 24.7. The van der Waals surface area contributed by atoms with Gasteiger partial charge in [-0.3, -0.25) is 4.79 Å². The number of ether oxygens (including phenoxy) is 1. The number of nitrogens with one attached hydrogen (secondary N) is 1. The van der Waals surface area contributed by atoms with Crippen LogP contribution in [0.3, 0.4) is 0 Å². The molecule has 0 radical (unpaired) electrons. The average molecular weight is 646 g/mol. The topological polar surface area (TPSA) is 148 Å². The van der Waals surface area contributed by atoms with Gasteiger partial charge in [0.1, 0.15) is 11.9 Å². The van der Waals surface area contributed by atoms with E-state index in [0.29, 0.717) is 50.3 Å². The second-order valence-electron chi connectivity index (χ2n) is 11.6. The molecule has 0 aliphatic carbocycles. The number of sulfone groups is 1. The minimum Gasteiger partial charge on any atom is -0.480 e. The van der Waals surface area contributed by atoms with Crippen molar-refractivity contribution in [1.29, 1.82) is 0 Å². The number of hydrogen-bond acceptors (Lipinski definition) is 9. The van der Waals surface area contributed by atoms with E-state index in [-0.39, 0.29) is 38.8 Å². The van der Waals surface area contributed by atoms with Crippen molar-refractivity contribution in [1.82, 2.24) is 15.3 Å². The Labute approximate surface area is 259 Å². The summed E-state index contributed by atoms with van der Waals surface area (Å²) in [5.41, 5.74) is 6.56. The summed E-state index contributed by atoms with van der Waals surface area (Å²) in [7, 11) is -3.63. The van der Waals surface area contributed by atoms with E-state index in [1.54, 1.807) is 31.2 Å². The van der Waals surface area contributed by atoms with E-state index in [0.717, 1.165) is 6.26 Å². The maximum absolute atomic E-state index is 14.8. The number of nitrogens with two attached hydrogens (primary N) is 1. The van der Waals surface area contributed by atoms with Gasteiger partial charge in [-0.1, -0.05) is 36.4 Å². The van der Waals surface area contributed by atoms with Crippen molar-refractivity contribution in [2.24, 2.45) is 5.41 Å². The SMILES string of the molecule is C/C=C/c1ccc([C@@H](Oc2cc(N3CCC4(CC3)CNC(C(=O)O)C4)nc(N)n2)C(F)(F)F)c(-c2cccc(S(C)(=O)=O)c2)c1. The summed E-state index contributed by atoms with van der Waals surface area (Å²) < 4.78 is 74.3. The highest BCUT2D eigenvalue weighted by molar-refractivity contribution is 7.90. The number of alkyl halides is 3. The molecule has 0 bridgehead atoms. The molecule has 3 aromatic rings. The van der Waals surface area contributed by atoms with Crippen LogP contribution in [0.1, 0.15) is 43.4 Å². The van der Waals surface area contributed by atoms with Gasteiger partial charge < -0.3 is 25.8 Å². The predicted molar refractivity (Wildman–Crippen MR) is 163 cm³/mol. The number of halogens is 3. The first-order valence-electron chi connectivity index (χ1n) is 14.3. The van der Waals surface area contributed by atoms with Crippen LogP contribution >= 0.6 is 0 Å². The maximum atomic E-state index is 14.8. The van der Waals surface area contributed by atoms with Crippen molar-refractivity contribution in [3.05, 3.63) is 65.7 Å². The summed E-state index contributed by atoms with van der Waals surface area (Å²) in [5.74, 6) is -1.22. The zero-order chi connectivity index (χ0) is 32.6. The Kier molecular flexibility index (Phi) is 8.82. The van der Waals surface area contributed by atoms with Gasteiger partial charge in [0.05, 0.1) is 4.90 Å². The number of carboxylic acids is 1. The molecule has 5 rings (SSSR count). The quantitative estimate of drug-likeness (QED) is 0.310. The van der Waals surface area contributed by atoms with Crippen LogP contribution in [-0.2, 0) is 14.6 Å². The van der Waals surface area contributed by atoms with Crippen molar-refractivity contribution < 1.29 is 36.2 Å². The third-order valence-electron chi connectivity index (χ3n) is 8.34. The number of benzene rings is 2. The van der Waals surface area contributed by atoms with Gasteiger partial charge in [-0.05, 0) is 66.5 Å². The number of rotatable bonds is 8. The van der Waals surface area contributed by atoms with Gasteiger partial charge in [0.15, 0.2) is 9.84 Å². The molecule has 2 saturated heterocycles. The monoisotopic (exact) mass is 645 g/mol. The van der Waals surface area contributed by atoms with E-state index < -0.39 is 34.1 Å².